The predicted octanol–water partition coefficient (Wildman–Crippen LogP) is 6.32. The maximum Gasteiger partial charge on any atom is 0.264 e. The Bertz CT molecular complexity index is 1690. The molecule has 0 spiro atoms. The summed E-state index contributed by atoms with van der Waals surface area (Å²) in [5, 5.41) is 3.37. The maximum absolute atomic E-state index is 14.5. The average Bonchev–Trinajstić information content (AvgIpc) is 2.98. The molecule has 0 radical (unpaired) electrons. The average molecular weight is 632 g/mol. The highest BCUT2D eigenvalue weighted by atomic mass is 35.5. The van der Waals surface area contributed by atoms with E-state index in [1.807, 2.05) is 88.4 Å². The SMILES string of the molecule is Cc1cccc(N(CC(=O)N(Cc2ccccc2C)C(Cc2ccccc2)C(=O)NC(C)C)S(=O)(=O)c2ccc(Cl)cc2)c1. The molecule has 230 valence electrons. The smallest absolute Gasteiger partial charge is 0.264 e. The van der Waals surface area contributed by atoms with Crippen molar-refractivity contribution in [3.63, 3.8) is 0 Å². The summed E-state index contributed by atoms with van der Waals surface area (Å²) >= 11 is 6.05. The number of hydrogen-bond acceptors (Lipinski definition) is 4. The van der Waals surface area contributed by atoms with Crippen LogP contribution in [0.5, 0.6) is 0 Å². The van der Waals surface area contributed by atoms with Gasteiger partial charge in [0.05, 0.1) is 10.6 Å². The second-order valence-electron chi connectivity index (χ2n) is 11.1. The Morgan fingerprint density at radius 2 is 1.50 bits per heavy atom. The number of anilines is 1. The predicted molar refractivity (Wildman–Crippen MR) is 176 cm³/mol. The third-order valence-corrected chi connectivity index (χ3v) is 9.31. The molecule has 9 heteroatoms. The van der Waals surface area contributed by atoms with E-state index >= 15 is 0 Å². The van der Waals surface area contributed by atoms with Crippen LogP contribution in [-0.4, -0.2) is 43.8 Å². The summed E-state index contributed by atoms with van der Waals surface area (Å²) in [5.41, 5.74) is 3.87. The summed E-state index contributed by atoms with van der Waals surface area (Å²) in [6, 6.07) is 28.9. The number of sulfonamides is 1. The molecule has 0 aliphatic heterocycles. The molecule has 2 amide bonds. The van der Waals surface area contributed by atoms with Crippen molar-refractivity contribution in [2.24, 2.45) is 0 Å². The lowest BCUT2D eigenvalue weighted by Gasteiger charge is -2.34. The Morgan fingerprint density at radius 3 is 2.14 bits per heavy atom. The highest BCUT2D eigenvalue weighted by Crippen LogP contribution is 2.27. The van der Waals surface area contributed by atoms with Gasteiger partial charge in [-0.1, -0.05) is 78.3 Å². The van der Waals surface area contributed by atoms with Gasteiger partial charge in [-0.25, -0.2) is 8.42 Å². The Balaban J connectivity index is 1.82. The van der Waals surface area contributed by atoms with E-state index in [-0.39, 0.29) is 29.8 Å². The molecule has 1 N–H and O–H groups in total. The van der Waals surface area contributed by atoms with Gasteiger partial charge in [0, 0.05) is 24.0 Å². The molecule has 0 aliphatic carbocycles. The lowest BCUT2D eigenvalue weighted by atomic mass is 10.0. The zero-order valence-electron chi connectivity index (χ0n) is 25.4. The first-order chi connectivity index (χ1) is 21.0. The number of hydrogen-bond donors (Lipinski definition) is 1. The van der Waals surface area contributed by atoms with Crippen molar-refractivity contribution < 1.29 is 18.0 Å². The standard InChI is InChI=1S/C35H38ClN3O4S/c1-25(2)37-35(41)33(22-28-13-6-5-7-14-28)38(23-29-15-9-8-12-27(29)4)34(40)24-39(31-16-10-11-26(3)21-31)44(42,43)32-19-17-30(36)18-20-32/h5-21,25,33H,22-24H2,1-4H3,(H,37,41). The van der Waals surface area contributed by atoms with Crippen molar-refractivity contribution in [3.05, 3.63) is 130 Å². The van der Waals surface area contributed by atoms with Gasteiger partial charge in [-0.05, 0) is 86.3 Å². The van der Waals surface area contributed by atoms with Gasteiger partial charge in [-0.3, -0.25) is 13.9 Å². The minimum atomic E-state index is -4.19. The van der Waals surface area contributed by atoms with Crippen LogP contribution in [0.3, 0.4) is 0 Å². The molecule has 0 saturated carbocycles. The first kappa shape index (κ1) is 32.8. The summed E-state index contributed by atoms with van der Waals surface area (Å²) in [6.07, 6.45) is 0.255. The van der Waals surface area contributed by atoms with Crippen LogP contribution < -0.4 is 9.62 Å². The van der Waals surface area contributed by atoms with E-state index < -0.39 is 28.5 Å². The zero-order chi connectivity index (χ0) is 31.9. The topological polar surface area (TPSA) is 86.8 Å². The van der Waals surface area contributed by atoms with E-state index in [0.29, 0.717) is 10.7 Å². The monoisotopic (exact) mass is 631 g/mol. The third-order valence-electron chi connectivity index (χ3n) is 7.27. The summed E-state index contributed by atoms with van der Waals surface area (Å²) in [4.78, 5) is 29.8. The quantitative estimate of drug-likeness (QED) is 0.198. The van der Waals surface area contributed by atoms with Crippen LogP contribution in [0.2, 0.25) is 5.02 Å². The van der Waals surface area contributed by atoms with Gasteiger partial charge in [-0.15, -0.1) is 0 Å². The first-order valence-corrected chi connectivity index (χ1v) is 16.3. The molecule has 0 fully saturated rings. The lowest BCUT2D eigenvalue weighted by molar-refractivity contribution is -0.140. The van der Waals surface area contributed by atoms with Crippen LogP contribution in [0, 0.1) is 13.8 Å². The number of carbonyl (C=O) groups excluding carboxylic acids is 2. The minimum absolute atomic E-state index is 0.0000429. The van der Waals surface area contributed by atoms with E-state index in [0.717, 1.165) is 26.6 Å². The van der Waals surface area contributed by atoms with Crippen LogP contribution in [0.1, 0.15) is 36.1 Å². The molecule has 0 aromatic heterocycles. The summed E-state index contributed by atoms with van der Waals surface area (Å²) in [6.45, 7) is 7.14. The number of rotatable bonds is 12. The Morgan fingerprint density at radius 1 is 0.841 bits per heavy atom. The minimum Gasteiger partial charge on any atom is -0.352 e. The number of nitrogens with zero attached hydrogens (tertiary/aromatic N) is 2. The van der Waals surface area contributed by atoms with E-state index in [2.05, 4.69) is 5.32 Å². The molecular weight excluding hydrogens is 594 g/mol. The van der Waals surface area contributed by atoms with Crippen LogP contribution in [0.4, 0.5) is 5.69 Å². The van der Waals surface area contributed by atoms with Gasteiger partial charge in [0.25, 0.3) is 10.0 Å². The number of benzene rings is 4. The molecule has 0 bridgehead atoms. The van der Waals surface area contributed by atoms with Gasteiger partial charge >= 0.3 is 0 Å². The van der Waals surface area contributed by atoms with Crippen LogP contribution >= 0.6 is 11.6 Å². The molecule has 4 rings (SSSR count). The fraction of sp³-hybridized carbons (Fsp3) is 0.257. The van der Waals surface area contributed by atoms with Crippen LogP contribution in [-0.2, 0) is 32.6 Å². The maximum atomic E-state index is 14.5. The molecule has 0 heterocycles. The molecule has 0 aliphatic rings. The number of carbonyl (C=O) groups is 2. The highest BCUT2D eigenvalue weighted by molar-refractivity contribution is 7.92. The fourth-order valence-corrected chi connectivity index (χ4v) is 6.48. The zero-order valence-corrected chi connectivity index (χ0v) is 27.0. The van der Waals surface area contributed by atoms with Gasteiger partial charge in [-0.2, -0.15) is 0 Å². The van der Waals surface area contributed by atoms with Gasteiger partial charge in [0.1, 0.15) is 12.6 Å². The van der Waals surface area contributed by atoms with Crippen molar-refractivity contribution in [1.82, 2.24) is 10.2 Å². The number of aryl methyl sites for hydroxylation is 2. The lowest BCUT2D eigenvalue weighted by Crippen LogP contribution is -2.54. The van der Waals surface area contributed by atoms with Gasteiger partial charge in [0.2, 0.25) is 11.8 Å². The Labute approximate surface area is 265 Å². The molecular formula is C35H38ClN3O4S. The molecule has 0 saturated heterocycles. The first-order valence-electron chi connectivity index (χ1n) is 14.5. The second kappa shape index (κ2) is 14.6. The Hall–Kier alpha value is -4.14. The molecule has 1 atom stereocenters. The molecule has 7 nitrogen and oxygen atoms in total. The third kappa shape index (κ3) is 8.27. The van der Waals surface area contributed by atoms with Gasteiger partial charge < -0.3 is 10.2 Å². The van der Waals surface area contributed by atoms with Crippen molar-refractivity contribution in [1.29, 1.82) is 0 Å². The van der Waals surface area contributed by atoms with Crippen molar-refractivity contribution in [2.45, 2.75) is 57.6 Å². The van der Waals surface area contributed by atoms with E-state index in [9.17, 15) is 18.0 Å². The van der Waals surface area contributed by atoms with Crippen molar-refractivity contribution in [3.8, 4) is 0 Å². The van der Waals surface area contributed by atoms with Crippen molar-refractivity contribution in [2.75, 3.05) is 10.8 Å². The van der Waals surface area contributed by atoms with E-state index in [4.69, 9.17) is 11.6 Å². The van der Waals surface area contributed by atoms with E-state index in [1.165, 1.54) is 29.2 Å². The highest BCUT2D eigenvalue weighted by Gasteiger charge is 2.35. The Kier molecular flexibility index (Phi) is 10.8. The number of nitrogens with one attached hydrogen (secondary N) is 1. The fourth-order valence-electron chi connectivity index (χ4n) is 4.95. The summed E-state index contributed by atoms with van der Waals surface area (Å²) in [7, 11) is -4.19. The number of amides is 2. The van der Waals surface area contributed by atoms with E-state index in [1.54, 1.807) is 18.2 Å². The molecule has 4 aromatic rings. The molecule has 4 aromatic carbocycles. The largest absolute Gasteiger partial charge is 0.352 e. The summed E-state index contributed by atoms with van der Waals surface area (Å²) in [5.74, 6) is -0.819. The number of halogens is 1. The summed E-state index contributed by atoms with van der Waals surface area (Å²) < 4.78 is 29.3. The molecule has 1 unspecified atom stereocenters. The van der Waals surface area contributed by atoms with Crippen molar-refractivity contribution >= 4 is 39.1 Å². The second-order valence-corrected chi connectivity index (χ2v) is 13.4. The molecule has 44 heavy (non-hydrogen) atoms. The normalized spacial score (nSPS) is 12.0. The van der Waals surface area contributed by atoms with Crippen LogP contribution in [0.15, 0.2) is 108 Å². The van der Waals surface area contributed by atoms with Gasteiger partial charge in [0.15, 0.2) is 0 Å². The van der Waals surface area contributed by atoms with Crippen LogP contribution in [0.25, 0.3) is 0 Å².